The number of benzene rings is 7. The largest absolute Gasteiger partial charge is 0.310 e. The smallest absolute Gasteiger partial charge is 0.0544 e. The molecule has 7 aromatic carbocycles. The molecule has 0 fully saturated rings. The first kappa shape index (κ1) is 39.4. The molecule has 0 spiro atoms. The highest BCUT2D eigenvalue weighted by atomic mass is 127. The number of halogens is 2. The van der Waals surface area contributed by atoms with E-state index in [-0.39, 0.29) is 5.41 Å². The zero-order valence-electron chi connectivity index (χ0n) is 32.8. The Hall–Kier alpha value is -3.44. The maximum absolute atomic E-state index is 2.52. The van der Waals surface area contributed by atoms with Gasteiger partial charge in [-0.3, -0.25) is 0 Å². The van der Waals surface area contributed by atoms with Gasteiger partial charge < -0.3 is 9.47 Å². The molecule has 2 nitrogen and oxygen atoms in total. The Kier molecular flexibility index (Phi) is 11.6. The van der Waals surface area contributed by atoms with Crippen LogP contribution < -0.4 is 4.90 Å². The fraction of sp³-hybridized carbons (Fsp3) is 0.200. The Morgan fingerprint density at radius 1 is 0.607 bits per heavy atom. The lowest BCUT2D eigenvalue weighted by Gasteiger charge is -2.28. The number of hydrogen-bond donors (Lipinski definition) is 0. The van der Waals surface area contributed by atoms with Crippen molar-refractivity contribution in [1.29, 1.82) is 0 Å². The van der Waals surface area contributed by atoms with Gasteiger partial charge in [0.1, 0.15) is 0 Å². The summed E-state index contributed by atoms with van der Waals surface area (Å²) in [6.07, 6.45) is 3.54. The Morgan fingerprint density at radius 3 is 1.77 bits per heavy atom. The van der Waals surface area contributed by atoms with Crippen LogP contribution in [0.4, 0.5) is 17.1 Å². The van der Waals surface area contributed by atoms with Crippen LogP contribution in [0.5, 0.6) is 0 Å². The van der Waals surface area contributed by atoms with Gasteiger partial charge in [-0.2, -0.15) is 0 Å². The molecular weight excluding hydrogens is 947 g/mol. The molecule has 0 bridgehead atoms. The van der Waals surface area contributed by atoms with Gasteiger partial charge in [0.2, 0.25) is 0 Å². The topological polar surface area (TPSA) is 8.17 Å². The monoisotopic (exact) mass is 992 g/mol. The van der Waals surface area contributed by atoms with E-state index in [0.717, 1.165) is 6.42 Å². The molecule has 1 heterocycles. The highest BCUT2D eigenvalue weighted by Crippen LogP contribution is 2.54. The van der Waals surface area contributed by atoms with E-state index in [4.69, 9.17) is 0 Å². The van der Waals surface area contributed by atoms with Crippen molar-refractivity contribution in [2.24, 2.45) is 0 Å². The van der Waals surface area contributed by atoms with Crippen LogP contribution in [-0.4, -0.2) is 4.57 Å². The molecule has 8 aromatic rings. The third kappa shape index (κ3) is 6.86. The van der Waals surface area contributed by atoms with Gasteiger partial charge in [0.05, 0.1) is 16.7 Å². The second-order valence-electron chi connectivity index (χ2n) is 15.0. The van der Waals surface area contributed by atoms with Crippen LogP contribution in [0.1, 0.15) is 69.7 Å². The van der Waals surface area contributed by atoms with Gasteiger partial charge in [0.15, 0.2) is 0 Å². The van der Waals surface area contributed by atoms with Gasteiger partial charge in [0, 0.05) is 90.8 Å². The van der Waals surface area contributed by atoms with Gasteiger partial charge in [-0.1, -0.05) is 119 Å². The second-order valence-corrected chi connectivity index (χ2v) is 18.9. The summed E-state index contributed by atoms with van der Waals surface area (Å²) in [5, 5.41) is 5.17. The van der Waals surface area contributed by atoms with Crippen molar-refractivity contribution in [2.75, 3.05) is 4.90 Å². The minimum atomic E-state index is -0.225. The first-order valence-electron chi connectivity index (χ1n) is 19.6. The Labute approximate surface area is 364 Å². The minimum absolute atomic E-state index is 0.225. The average molecular weight is 993 g/mol. The summed E-state index contributed by atoms with van der Waals surface area (Å²) in [4.78, 5) is 4.97. The minimum Gasteiger partial charge on any atom is -0.310 e. The Morgan fingerprint density at radius 2 is 1.18 bits per heavy atom. The molecule has 9 rings (SSSR count). The summed E-state index contributed by atoms with van der Waals surface area (Å²) >= 11 is 4.80. The maximum Gasteiger partial charge on any atom is 0.0544 e. The number of aryl methyl sites for hydroxylation is 2. The number of fused-ring (bicyclic) bond motifs is 8. The Bertz CT molecular complexity index is 2650. The number of anilines is 3. The molecule has 0 radical (unpaired) electrons. The second kappa shape index (κ2) is 16.4. The van der Waals surface area contributed by atoms with Crippen molar-refractivity contribution in [3.05, 3.63) is 156 Å². The van der Waals surface area contributed by atoms with E-state index < -0.39 is 0 Å². The van der Waals surface area contributed by atoms with Crippen LogP contribution >= 0.6 is 60.3 Å². The molecule has 56 heavy (non-hydrogen) atoms. The van der Waals surface area contributed by atoms with E-state index in [2.05, 4.69) is 213 Å². The predicted octanol–water partition coefficient (Wildman–Crippen LogP) is 17.3. The van der Waals surface area contributed by atoms with Crippen molar-refractivity contribution in [1.82, 2.24) is 4.57 Å². The maximum atomic E-state index is 2.52. The lowest BCUT2D eigenvalue weighted by Crippen LogP contribution is -2.17. The van der Waals surface area contributed by atoms with Crippen molar-refractivity contribution in [3.63, 3.8) is 0 Å². The third-order valence-corrected chi connectivity index (χ3v) is 15.2. The van der Waals surface area contributed by atoms with E-state index in [1.165, 1.54) is 111 Å². The molecule has 282 valence electrons. The first-order valence-corrected chi connectivity index (χ1v) is 26.3. The molecule has 0 N–H and O–H groups in total. The molecule has 0 atom stereocenters. The van der Waals surface area contributed by atoms with Crippen molar-refractivity contribution in [3.8, 4) is 16.8 Å². The van der Waals surface area contributed by atoms with Crippen LogP contribution in [0.15, 0.2) is 143 Å². The zero-order valence-corrected chi connectivity index (χ0v) is 38.7. The first-order chi connectivity index (χ1) is 27.3. The number of aromatic nitrogens is 1. The highest BCUT2D eigenvalue weighted by Gasteiger charge is 2.38. The van der Waals surface area contributed by atoms with Crippen LogP contribution in [0.3, 0.4) is 0 Å². The SMILES string of the molecule is CC.CCCCc1ccc(N(c2ccc(C)cc2)c2ccc3c(c2)C(C)(C)c2cc(-n4c5ccc(SI)cc5c5cc(SI)ccc54)c4ccccc4c2-3)cc1. The summed E-state index contributed by atoms with van der Waals surface area (Å²) < 4.78 is 2.52. The van der Waals surface area contributed by atoms with Crippen molar-refractivity contribution in [2.45, 2.75) is 76.0 Å². The Balaban J connectivity index is 0.00000217. The van der Waals surface area contributed by atoms with Crippen LogP contribution in [-0.2, 0) is 11.8 Å². The molecule has 1 aliphatic carbocycles. The summed E-state index contributed by atoms with van der Waals surface area (Å²) in [5.41, 5.74) is 15.1. The molecule has 0 aliphatic heterocycles. The molecule has 0 unspecified atom stereocenters. The zero-order chi connectivity index (χ0) is 39.1. The van der Waals surface area contributed by atoms with Crippen LogP contribution in [0.25, 0.3) is 49.4 Å². The van der Waals surface area contributed by atoms with Gasteiger partial charge >= 0.3 is 0 Å². The number of hydrogen-bond acceptors (Lipinski definition) is 3. The molecule has 0 saturated carbocycles. The van der Waals surface area contributed by atoms with Crippen LogP contribution in [0, 0.1) is 6.92 Å². The number of rotatable bonds is 9. The van der Waals surface area contributed by atoms with Crippen molar-refractivity contribution < 1.29 is 0 Å². The molecule has 0 saturated heterocycles. The molecular formula is C50H46I2N2S2. The van der Waals surface area contributed by atoms with Gasteiger partial charge in [-0.05, 0) is 132 Å². The lowest BCUT2D eigenvalue weighted by molar-refractivity contribution is 0.660. The standard InChI is InChI=1S/C48H40I2N2S2.C2H6/c1-5-6-9-31-14-18-33(19-15-31)51(32-16-12-30(2)13-17-32)34-20-23-39-42(26-34)48(3,4)43-29-46(37-10-7-8-11-38(37)47(39)43)52-44-24-21-35(53-49)27-40(44)41-28-36(54-50)22-25-45(41)52;1-2/h7-8,10-29H,5-6,9H2,1-4H3;1-2H3. The molecule has 1 aromatic heterocycles. The molecule has 1 aliphatic rings. The van der Waals surface area contributed by atoms with Gasteiger partial charge in [-0.25, -0.2) is 0 Å². The van der Waals surface area contributed by atoms with E-state index in [0.29, 0.717) is 0 Å². The van der Waals surface area contributed by atoms with E-state index in [9.17, 15) is 0 Å². The fourth-order valence-corrected chi connectivity index (χ4v) is 10.8. The van der Waals surface area contributed by atoms with Gasteiger partial charge in [0.25, 0.3) is 0 Å². The summed E-state index contributed by atoms with van der Waals surface area (Å²) in [7, 11) is 3.55. The molecule has 6 heteroatoms. The normalized spacial score (nSPS) is 12.8. The predicted molar refractivity (Wildman–Crippen MR) is 265 cm³/mol. The van der Waals surface area contributed by atoms with E-state index in [1.54, 1.807) is 17.9 Å². The van der Waals surface area contributed by atoms with Gasteiger partial charge in [-0.15, -0.1) is 0 Å². The quantitative estimate of drug-likeness (QED) is 0.133. The highest BCUT2D eigenvalue weighted by molar-refractivity contribution is 14.2. The number of unbranched alkanes of at least 4 members (excludes halogenated alkanes) is 1. The van der Waals surface area contributed by atoms with Crippen LogP contribution in [0.2, 0.25) is 0 Å². The molecule has 0 amide bonds. The van der Waals surface area contributed by atoms with Crippen molar-refractivity contribution >= 4 is 110 Å². The van der Waals surface area contributed by atoms with E-state index >= 15 is 0 Å². The number of nitrogens with zero attached hydrogens (tertiary/aromatic N) is 2. The summed E-state index contributed by atoms with van der Waals surface area (Å²) in [6.45, 7) is 13.2. The average Bonchev–Trinajstić information content (AvgIpc) is 3.68. The lowest BCUT2D eigenvalue weighted by atomic mass is 9.81. The third-order valence-electron chi connectivity index (χ3n) is 11.3. The summed E-state index contributed by atoms with van der Waals surface area (Å²) in [6, 6.07) is 50.8. The summed E-state index contributed by atoms with van der Waals surface area (Å²) in [5.74, 6) is 0. The fourth-order valence-electron chi connectivity index (χ4n) is 8.55. The van der Waals surface area contributed by atoms with E-state index in [1.807, 2.05) is 13.8 Å².